The van der Waals surface area contributed by atoms with Crippen molar-refractivity contribution in [2.24, 2.45) is 5.14 Å². The third-order valence-corrected chi connectivity index (χ3v) is 4.10. The molecule has 0 spiro atoms. The number of nitrogens with zero attached hydrogens (tertiary/aromatic N) is 3. The summed E-state index contributed by atoms with van der Waals surface area (Å²) in [6, 6.07) is 0. The Labute approximate surface area is 101 Å². The molecule has 7 heteroatoms. The second-order valence-electron chi connectivity index (χ2n) is 4.46. The zero-order valence-corrected chi connectivity index (χ0v) is 10.8. The summed E-state index contributed by atoms with van der Waals surface area (Å²) >= 11 is 0. The average Bonchev–Trinajstić information content (AvgIpc) is 2.73. The maximum atomic E-state index is 11.4. The molecule has 0 amide bonds. The fourth-order valence-corrected chi connectivity index (χ4v) is 3.15. The third kappa shape index (κ3) is 2.50. The van der Waals surface area contributed by atoms with Gasteiger partial charge in [-0.2, -0.15) is 0 Å². The quantitative estimate of drug-likeness (QED) is 0.875. The van der Waals surface area contributed by atoms with Crippen molar-refractivity contribution in [1.82, 2.24) is 14.8 Å². The van der Waals surface area contributed by atoms with Crippen LogP contribution in [-0.2, 0) is 16.6 Å². The summed E-state index contributed by atoms with van der Waals surface area (Å²) in [5.74, 6) is 1.10. The SMILES string of the molecule is CCn1c(C2CCCCC2)nnc1S(N)(=O)=O. The Morgan fingerprint density at radius 1 is 1.29 bits per heavy atom. The largest absolute Gasteiger partial charge is 0.301 e. The molecule has 1 saturated carbocycles. The number of hydrogen-bond acceptors (Lipinski definition) is 4. The maximum absolute atomic E-state index is 11.4. The van der Waals surface area contributed by atoms with Gasteiger partial charge in [-0.15, -0.1) is 10.2 Å². The monoisotopic (exact) mass is 258 g/mol. The maximum Gasteiger partial charge on any atom is 0.273 e. The van der Waals surface area contributed by atoms with Gasteiger partial charge in [0, 0.05) is 12.5 Å². The molecule has 1 heterocycles. The first-order chi connectivity index (χ1) is 8.04. The molecule has 2 rings (SSSR count). The van der Waals surface area contributed by atoms with Crippen LogP contribution in [0.25, 0.3) is 0 Å². The summed E-state index contributed by atoms with van der Waals surface area (Å²) in [6.45, 7) is 2.41. The Morgan fingerprint density at radius 3 is 2.47 bits per heavy atom. The highest BCUT2D eigenvalue weighted by Crippen LogP contribution is 2.32. The Bertz CT molecular complexity index is 488. The van der Waals surface area contributed by atoms with Crippen LogP contribution < -0.4 is 5.14 Å². The highest BCUT2D eigenvalue weighted by Gasteiger charge is 2.26. The molecule has 1 aliphatic rings. The molecule has 0 aromatic carbocycles. The first-order valence-corrected chi connectivity index (χ1v) is 7.54. The minimum atomic E-state index is -3.77. The number of rotatable bonds is 3. The van der Waals surface area contributed by atoms with Gasteiger partial charge in [-0.05, 0) is 19.8 Å². The fraction of sp³-hybridized carbons (Fsp3) is 0.800. The number of primary sulfonamides is 1. The minimum absolute atomic E-state index is 0.111. The van der Waals surface area contributed by atoms with Gasteiger partial charge in [0.15, 0.2) is 0 Å². The normalized spacial score (nSPS) is 18.5. The molecule has 1 aromatic rings. The molecule has 1 aliphatic carbocycles. The van der Waals surface area contributed by atoms with Crippen LogP contribution in [-0.4, -0.2) is 23.2 Å². The molecular weight excluding hydrogens is 240 g/mol. The lowest BCUT2D eigenvalue weighted by atomic mass is 9.89. The van der Waals surface area contributed by atoms with Gasteiger partial charge < -0.3 is 4.57 Å². The molecule has 1 fully saturated rings. The zero-order chi connectivity index (χ0) is 12.5. The van der Waals surface area contributed by atoms with Crippen LogP contribution in [0.3, 0.4) is 0 Å². The van der Waals surface area contributed by atoms with Crippen molar-refractivity contribution >= 4 is 10.0 Å². The summed E-state index contributed by atoms with van der Waals surface area (Å²) in [6.07, 6.45) is 5.71. The van der Waals surface area contributed by atoms with Crippen molar-refractivity contribution in [3.05, 3.63) is 5.82 Å². The van der Waals surface area contributed by atoms with Crippen molar-refractivity contribution in [1.29, 1.82) is 0 Å². The van der Waals surface area contributed by atoms with E-state index in [9.17, 15) is 8.42 Å². The lowest BCUT2D eigenvalue weighted by Crippen LogP contribution is -2.20. The molecule has 96 valence electrons. The molecule has 1 aromatic heterocycles. The minimum Gasteiger partial charge on any atom is -0.301 e. The van der Waals surface area contributed by atoms with Gasteiger partial charge in [0.25, 0.3) is 15.2 Å². The number of aromatic nitrogens is 3. The van der Waals surface area contributed by atoms with Gasteiger partial charge in [-0.25, -0.2) is 13.6 Å². The smallest absolute Gasteiger partial charge is 0.273 e. The van der Waals surface area contributed by atoms with E-state index in [1.165, 1.54) is 19.3 Å². The first-order valence-electron chi connectivity index (χ1n) is 6.00. The van der Waals surface area contributed by atoms with Crippen molar-refractivity contribution in [3.63, 3.8) is 0 Å². The number of sulfonamides is 1. The summed E-state index contributed by atoms with van der Waals surface area (Å²) < 4.78 is 24.4. The summed E-state index contributed by atoms with van der Waals surface area (Å²) in [4.78, 5) is 0. The molecule has 6 nitrogen and oxygen atoms in total. The van der Waals surface area contributed by atoms with Gasteiger partial charge in [0.05, 0.1) is 0 Å². The second kappa shape index (κ2) is 4.73. The molecule has 0 atom stereocenters. The standard InChI is InChI=1S/C10H18N4O2S/c1-2-14-9(8-6-4-3-5-7-8)12-13-10(14)17(11,15)16/h8H,2-7H2,1H3,(H2,11,15,16). The van der Waals surface area contributed by atoms with E-state index in [1.54, 1.807) is 4.57 Å². The third-order valence-electron chi connectivity index (χ3n) is 3.29. The molecule has 0 unspecified atom stereocenters. The van der Waals surface area contributed by atoms with Gasteiger partial charge in [-0.3, -0.25) is 0 Å². The van der Waals surface area contributed by atoms with Gasteiger partial charge in [0.1, 0.15) is 5.82 Å². The van der Waals surface area contributed by atoms with Crippen molar-refractivity contribution < 1.29 is 8.42 Å². The molecular formula is C10H18N4O2S. The van der Waals surface area contributed by atoms with Crippen LogP contribution in [0.1, 0.15) is 50.8 Å². The van der Waals surface area contributed by atoms with E-state index in [4.69, 9.17) is 5.14 Å². The predicted molar refractivity (Wildman–Crippen MR) is 62.9 cm³/mol. The average molecular weight is 258 g/mol. The fourth-order valence-electron chi connectivity index (χ4n) is 2.47. The predicted octanol–water partition coefficient (Wildman–Crippen LogP) is 0.993. The van der Waals surface area contributed by atoms with Crippen molar-refractivity contribution in [2.45, 2.75) is 56.6 Å². The topological polar surface area (TPSA) is 90.9 Å². The van der Waals surface area contributed by atoms with Gasteiger partial charge in [-0.1, -0.05) is 19.3 Å². The van der Waals surface area contributed by atoms with E-state index >= 15 is 0 Å². The van der Waals surface area contributed by atoms with Crippen LogP contribution in [0, 0.1) is 0 Å². The lowest BCUT2D eigenvalue weighted by molar-refractivity contribution is 0.412. The van der Waals surface area contributed by atoms with E-state index in [-0.39, 0.29) is 5.16 Å². The highest BCUT2D eigenvalue weighted by atomic mass is 32.2. The van der Waals surface area contributed by atoms with Crippen LogP contribution in [0.2, 0.25) is 0 Å². The number of hydrogen-bond donors (Lipinski definition) is 1. The summed E-state index contributed by atoms with van der Waals surface area (Å²) in [7, 11) is -3.77. The van der Waals surface area contributed by atoms with Crippen LogP contribution in [0.15, 0.2) is 5.16 Å². The van der Waals surface area contributed by atoms with Crippen molar-refractivity contribution in [2.75, 3.05) is 0 Å². The Balaban J connectivity index is 2.38. The van der Waals surface area contributed by atoms with Gasteiger partial charge in [0.2, 0.25) is 0 Å². The highest BCUT2D eigenvalue weighted by molar-refractivity contribution is 7.89. The summed E-state index contributed by atoms with van der Waals surface area (Å²) in [5, 5.41) is 12.8. The molecule has 0 aliphatic heterocycles. The first kappa shape index (κ1) is 12.5. The lowest BCUT2D eigenvalue weighted by Gasteiger charge is -2.21. The van der Waals surface area contributed by atoms with E-state index in [0.29, 0.717) is 12.5 Å². The molecule has 17 heavy (non-hydrogen) atoms. The number of nitrogens with two attached hydrogens (primary N) is 1. The van der Waals surface area contributed by atoms with E-state index in [0.717, 1.165) is 18.7 Å². The summed E-state index contributed by atoms with van der Waals surface area (Å²) in [5.41, 5.74) is 0. The molecule has 0 radical (unpaired) electrons. The van der Waals surface area contributed by atoms with E-state index in [2.05, 4.69) is 10.2 Å². The van der Waals surface area contributed by atoms with Gasteiger partial charge >= 0.3 is 0 Å². The van der Waals surface area contributed by atoms with E-state index < -0.39 is 10.0 Å². The Kier molecular flexibility index (Phi) is 3.48. The zero-order valence-electron chi connectivity index (χ0n) is 9.96. The molecule has 0 saturated heterocycles. The molecule has 0 bridgehead atoms. The van der Waals surface area contributed by atoms with Crippen LogP contribution >= 0.6 is 0 Å². The van der Waals surface area contributed by atoms with Crippen LogP contribution in [0.5, 0.6) is 0 Å². The second-order valence-corrected chi connectivity index (χ2v) is 5.92. The Hall–Kier alpha value is -0.950. The van der Waals surface area contributed by atoms with Crippen LogP contribution in [0.4, 0.5) is 0 Å². The van der Waals surface area contributed by atoms with E-state index in [1.807, 2.05) is 6.92 Å². The van der Waals surface area contributed by atoms with Crippen molar-refractivity contribution in [3.8, 4) is 0 Å². The molecule has 2 N–H and O–H groups in total. The Morgan fingerprint density at radius 2 is 1.94 bits per heavy atom.